The Kier molecular flexibility index (Phi) is 4.58. The highest BCUT2D eigenvalue weighted by Gasteiger charge is 2.24. The minimum Gasteiger partial charge on any atom is -0.478 e. The number of rotatable bonds is 5. The molecule has 0 aromatic heterocycles. The van der Waals surface area contributed by atoms with Crippen molar-refractivity contribution in [3.8, 4) is 6.07 Å². The van der Waals surface area contributed by atoms with Crippen molar-refractivity contribution in [2.45, 2.75) is 11.8 Å². The van der Waals surface area contributed by atoms with Gasteiger partial charge in [0.25, 0.3) is 0 Å². The first-order valence-electron chi connectivity index (χ1n) is 5.24. The van der Waals surface area contributed by atoms with E-state index in [1.165, 1.54) is 6.92 Å². The summed E-state index contributed by atoms with van der Waals surface area (Å²) in [5.41, 5.74) is -0.609. The van der Waals surface area contributed by atoms with Crippen molar-refractivity contribution in [2.75, 3.05) is 13.1 Å². The molecule has 0 aliphatic heterocycles. The van der Waals surface area contributed by atoms with E-state index < -0.39 is 27.4 Å². The van der Waals surface area contributed by atoms with Crippen LogP contribution in [0.1, 0.15) is 17.3 Å². The van der Waals surface area contributed by atoms with Gasteiger partial charge in [0.05, 0.1) is 16.5 Å². The molecule has 0 amide bonds. The number of carboxylic acids is 1. The first kappa shape index (κ1) is 15.1. The molecule has 0 unspecified atom stereocenters. The number of benzene rings is 1. The summed E-state index contributed by atoms with van der Waals surface area (Å²) in [4.78, 5) is 10.3. The van der Waals surface area contributed by atoms with Gasteiger partial charge in [0.2, 0.25) is 10.0 Å². The van der Waals surface area contributed by atoms with Crippen molar-refractivity contribution < 1.29 is 22.7 Å². The number of sulfonamides is 1. The highest BCUT2D eigenvalue weighted by atomic mass is 32.2. The summed E-state index contributed by atoms with van der Waals surface area (Å²) in [6.45, 7) is 1.23. The Morgan fingerprint density at radius 3 is 2.58 bits per heavy atom. The lowest BCUT2D eigenvalue weighted by molar-refractivity contribution is 0.0691. The summed E-state index contributed by atoms with van der Waals surface area (Å²) in [7, 11) is -4.00. The highest BCUT2D eigenvalue weighted by molar-refractivity contribution is 7.89. The molecule has 8 heteroatoms. The summed E-state index contributed by atoms with van der Waals surface area (Å²) in [6, 6.07) is 4.22. The van der Waals surface area contributed by atoms with Crippen LogP contribution in [-0.4, -0.2) is 36.9 Å². The van der Waals surface area contributed by atoms with Crippen molar-refractivity contribution in [3.05, 3.63) is 29.6 Å². The van der Waals surface area contributed by atoms with Gasteiger partial charge in [-0.2, -0.15) is 9.57 Å². The van der Waals surface area contributed by atoms with Crippen LogP contribution in [0.5, 0.6) is 0 Å². The molecule has 102 valence electrons. The molecule has 0 saturated heterocycles. The second-order valence-electron chi connectivity index (χ2n) is 3.54. The van der Waals surface area contributed by atoms with Gasteiger partial charge in [-0.3, -0.25) is 0 Å². The van der Waals surface area contributed by atoms with Crippen molar-refractivity contribution in [1.29, 1.82) is 5.26 Å². The summed E-state index contributed by atoms with van der Waals surface area (Å²) in [5.74, 6) is -2.62. The van der Waals surface area contributed by atoms with Crippen LogP contribution in [0.2, 0.25) is 0 Å². The van der Waals surface area contributed by atoms with E-state index in [0.29, 0.717) is 6.07 Å². The van der Waals surface area contributed by atoms with Crippen LogP contribution in [-0.2, 0) is 10.0 Å². The van der Waals surface area contributed by atoms with E-state index in [-0.39, 0.29) is 18.0 Å². The second kappa shape index (κ2) is 5.77. The Morgan fingerprint density at radius 2 is 2.16 bits per heavy atom. The van der Waals surface area contributed by atoms with E-state index in [4.69, 9.17) is 10.4 Å². The summed E-state index contributed by atoms with van der Waals surface area (Å²) in [5, 5.41) is 17.2. The number of carbonyl (C=O) groups is 1. The lowest BCUT2D eigenvalue weighted by Gasteiger charge is -2.17. The largest absolute Gasteiger partial charge is 0.478 e. The van der Waals surface area contributed by atoms with Crippen LogP contribution < -0.4 is 0 Å². The molecule has 0 fully saturated rings. The van der Waals surface area contributed by atoms with Gasteiger partial charge in [0.1, 0.15) is 12.4 Å². The molecule has 0 aliphatic rings. The number of hydrogen-bond acceptors (Lipinski definition) is 4. The number of halogens is 1. The lowest BCUT2D eigenvalue weighted by Crippen LogP contribution is -2.31. The fraction of sp³-hybridized carbons (Fsp3) is 0.273. The maximum Gasteiger partial charge on any atom is 0.338 e. The van der Waals surface area contributed by atoms with Gasteiger partial charge in [-0.25, -0.2) is 17.6 Å². The van der Waals surface area contributed by atoms with Gasteiger partial charge in [-0.15, -0.1) is 0 Å². The molecule has 0 spiro atoms. The molecule has 19 heavy (non-hydrogen) atoms. The van der Waals surface area contributed by atoms with Gasteiger partial charge in [0, 0.05) is 6.54 Å². The van der Waals surface area contributed by atoms with Gasteiger partial charge in [-0.05, 0) is 18.2 Å². The molecular formula is C11H11FN2O4S. The first-order valence-corrected chi connectivity index (χ1v) is 6.68. The molecule has 1 N–H and O–H groups in total. The van der Waals surface area contributed by atoms with E-state index in [2.05, 4.69) is 0 Å². The molecule has 0 aliphatic carbocycles. The molecule has 0 saturated carbocycles. The lowest BCUT2D eigenvalue weighted by atomic mass is 10.2. The van der Waals surface area contributed by atoms with Crippen LogP contribution in [0.3, 0.4) is 0 Å². The third kappa shape index (κ3) is 3.07. The smallest absolute Gasteiger partial charge is 0.338 e. The molecule has 0 atom stereocenters. The molecule has 1 aromatic carbocycles. The Morgan fingerprint density at radius 1 is 1.53 bits per heavy atom. The fourth-order valence-corrected chi connectivity index (χ4v) is 2.78. The maximum atomic E-state index is 13.5. The first-order chi connectivity index (χ1) is 8.84. The molecule has 6 nitrogen and oxygen atoms in total. The molecule has 0 bridgehead atoms. The topological polar surface area (TPSA) is 98.5 Å². The standard InChI is InChI=1S/C11H11FN2O4S/c1-2-14(6-5-13)19(17,18)8-3-4-9(11(15)16)10(12)7-8/h3-4,7H,2,6H2,1H3,(H,15,16). The van der Waals surface area contributed by atoms with Crippen molar-refractivity contribution in [2.24, 2.45) is 0 Å². The number of nitriles is 1. The highest BCUT2D eigenvalue weighted by Crippen LogP contribution is 2.18. The Balaban J connectivity index is 3.27. The molecular weight excluding hydrogens is 275 g/mol. The number of aromatic carboxylic acids is 1. The predicted molar refractivity (Wildman–Crippen MR) is 63.4 cm³/mol. The number of carboxylic acid groups (broad SMARTS) is 1. The van der Waals surface area contributed by atoms with E-state index >= 15 is 0 Å². The van der Waals surface area contributed by atoms with Crippen molar-refractivity contribution >= 4 is 16.0 Å². The number of nitrogens with zero attached hydrogens (tertiary/aromatic N) is 2. The molecule has 0 heterocycles. The van der Waals surface area contributed by atoms with Gasteiger partial charge < -0.3 is 5.11 Å². The van der Waals surface area contributed by atoms with Crippen LogP contribution >= 0.6 is 0 Å². The Labute approximate surface area is 109 Å². The summed E-state index contributed by atoms with van der Waals surface area (Å²) in [6.07, 6.45) is 0. The SMILES string of the molecule is CCN(CC#N)S(=O)(=O)c1ccc(C(=O)O)c(F)c1. The van der Waals surface area contributed by atoms with Gasteiger partial charge in [-0.1, -0.05) is 6.92 Å². The Hall–Kier alpha value is -1.98. The van der Waals surface area contributed by atoms with Gasteiger partial charge >= 0.3 is 5.97 Å². The van der Waals surface area contributed by atoms with E-state index in [1.54, 1.807) is 6.07 Å². The molecule has 1 rings (SSSR count). The van der Waals surface area contributed by atoms with Crippen LogP contribution in [0.25, 0.3) is 0 Å². The number of hydrogen-bond donors (Lipinski definition) is 1. The van der Waals surface area contributed by atoms with Crippen LogP contribution in [0.15, 0.2) is 23.1 Å². The third-order valence-corrected chi connectivity index (χ3v) is 4.33. The summed E-state index contributed by atoms with van der Waals surface area (Å²) < 4.78 is 38.4. The van der Waals surface area contributed by atoms with Gasteiger partial charge in [0.15, 0.2) is 0 Å². The summed E-state index contributed by atoms with van der Waals surface area (Å²) >= 11 is 0. The molecule has 0 radical (unpaired) electrons. The van der Waals surface area contributed by atoms with E-state index in [0.717, 1.165) is 16.4 Å². The van der Waals surface area contributed by atoms with Crippen molar-refractivity contribution in [1.82, 2.24) is 4.31 Å². The molecule has 1 aromatic rings. The minimum absolute atomic E-state index is 0.0538. The minimum atomic E-state index is -4.00. The van der Waals surface area contributed by atoms with E-state index in [9.17, 15) is 17.6 Å². The predicted octanol–water partition coefficient (Wildman–Crippen LogP) is 1.06. The third-order valence-electron chi connectivity index (χ3n) is 2.41. The fourth-order valence-electron chi connectivity index (χ4n) is 1.42. The monoisotopic (exact) mass is 286 g/mol. The van der Waals surface area contributed by atoms with Crippen LogP contribution in [0.4, 0.5) is 4.39 Å². The zero-order chi connectivity index (χ0) is 14.6. The normalized spacial score (nSPS) is 11.3. The quantitative estimate of drug-likeness (QED) is 0.816. The zero-order valence-corrected chi connectivity index (χ0v) is 10.8. The maximum absolute atomic E-state index is 13.5. The zero-order valence-electron chi connectivity index (χ0n) is 10.00. The van der Waals surface area contributed by atoms with Crippen LogP contribution in [0, 0.1) is 17.1 Å². The second-order valence-corrected chi connectivity index (χ2v) is 5.47. The Bertz CT molecular complexity index is 637. The van der Waals surface area contributed by atoms with Crippen molar-refractivity contribution in [3.63, 3.8) is 0 Å². The average molecular weight is 286 g/mol. The van der Waals surface area contributed by atoms with E-state index in [1.807, 2.05) is 0 Å². The average Bonchev–Trinajstić information content (AvgIpc) is 2.34.